The van der Waals surface area contributed by atoms with Gasteiger partial charge in [-0.15, -0.1) is 12.6 Å². The zero-order chi connectivity index (χ0) is 9.30. The van der Waals surface area contributed by atoms with E-state index in [0.29, 0.717) is 0 Å². The van der Waals surface area contributed by atoms with Crippen LogP contribution in [-0.4, -0.2) is 56.9 Å². The zero-order valence-electron chi connectivity index (χ0n) is 6.24. The molecule has 0 saturated carbocycles. The smallest absolute Gasteiger partial charge is 0.129 e. The van der Waals surface area contributed by atoms with Crippen molar-refractivity contribution in [2.24, 2.45) is 0 Å². The van der Waals surface area contributed by atoms with E-state index in [1.165, 1.54) is 0 Å². The van der Waals surface area contributed by atoms with Gasteiger partial charge in [-0.2, -0.15) is 0 Å². The van der Waals surface area contributed by atoms with Crippen LogP contribution in [0.3, 0.4) is 0 Å². The monoisotopic (exact) mass is 196 g/mol. The second-order valence-electron chi connectivity index (χ2n) is 2.72. The van der Waals surface area contributed by atoms with Crippen LogP contribution in [0.2, 0.25) is 0 Å². The van der Waals surface area contributed by atoms with Crippen LogP contribution in [0.1, 0.15) is 0 Å². The van der Waals surface area contributed by atoms with Crippen molar-refractivity contribution >= 4 is 12.6 Å². The van der Waals surface area contributed by atoms with Crippen LogP contribution >= 0.6 is 12.6 Å². The first kappa shape index (κ1) is 10.2. The first-order chi connectivity index (χ1) is 5.57. The van der Waals surface area contributed by atoms with Crippen molar-refractivity contribution in [1.29, 1.82) is 0 Å². The van der Waals surface area contributed by atoms with Crippen LogP contribution < -0.4 is 0 Å². The zero-order valence-corrected chi connectivity index (χ0v) is 7.13. The number of hydrogen-bond acceptors (Lipinski definition) is 6. The van der Waals surface area contributed by atoms with Gasteiger partial charge in [0.2, 0.25) is 0 Å². The van der Waals surface area contributed by atoms with E-state index < -0.39 is 36.5 Å². The molecule has 0 aromatic rings. The van der Waals surface area contributed by atoms with Gasteiger partial charge in [0, 0.05) is 0 Å². The number of aliphatic hydroxyl groups is 4. The quantitative estimate of drug-likeness (QED) is 0.305. The molecule has 6 heteroatoms. The standard InChI is InChI=1S/C6H12O5S/c7-1-2-3(8)4(9)5(10)6(12)11-2/h2-10,12H,1H2/t2-,3+,4+,5+,6+/m1/s1. The molecule has 1 rings (SSSR count). The lowest BCUT2D eigenvalue weighted by atomic mass is 10.0. The molecule has 0 radical (unpaired) electrons. The van der Waals surface area contributed by atoms with Crippen molar-refractivity contribution < 1.29 is 25.2 Å². The van der Waals surface area contributed by atoms with E-state index in [4.69, 9.17) is 14.9 Å². The van der Waals surface area contributed by atoms with Crippen molar-refractivity contribution in [2.75, 3.05) is 6.61 Å². The molecule has 1 aliphatic heterocycles. The highest BCUT2D eigenvalue weighted by atomic mass is 32.1. The lowest BCUT2D eigenvalue weighted by molar-refractivity contribution is -0.205. The number of thiol groups is 1. The van der Waals surface area contributed by atoms with Gasteiger partial charge in [-0.1, -0.05) is 0 Å². The van der Waals surface area contributed by atoms with Gasteiger partial charge in [-0.3, -0.25) is 0 Å². The second-order valence-corrected chi connectivity index (χ2v) is 3.23. The van der Waals surface area contributed by atoms with Crippen LogP contribution in [-0.2, 0) is 4.74 Å². The summed E-state index contributed by atoms with van der Waals surface area (Å²) in [5, 5.41) is 36.2. The van der Waals surface area contributed by atoms with E-state index in [2.05, 4.69) is 12.6 Å². The summed E-state index contributed by atoms with van der Waals surface area (Å²) in [5.41, 5.74) is -0.874. The largest absolute Gasteiger partial charge is 0.394 e. The lowest BCUT2D eigenvalue weighted by Crippen LogP contribution is -2.56. The van der Waals surface area contributed by atoms with Gasteiger partial charge in [0.25, 0.3) is 0 Å². The molecule has 1 fully saturated rings. The van der Waals surface area contributed by atoms with Gasteiger partial charge in [0.15, 0.2) is 0 Å². The van der Waals surface area contributed by atoms with E-state index in [0.717, 1.165) is 0 Å². The number of hydrogen-bond donors (Lipinski definition) is 5. The van der Waals surface area contributed by atoms with Crippen molar-refractivity contribution in [3.05, 3.63) is 0 Å². The minimum Gasteiger partial charge on any atom is -0.394 e. The minimum atomic E-state index is -1.32. The van der Waals surface area contributed by atoms with Crippen molar-refractivity contribution in [2.45, 2.75) is 29.9 Å². The summed E-state index contributed by atoms with van der Waals surface area (Å²) in [6.45, 7) is -0.415. The highest BCUT2D eigenvalue weighted by molar-refractivity contribution is 7.80. The Hall–Kier alpha value is 0.150. The number of aliphatic hydroxyl groups excluding tert-OH is 4. The summed E-state index contributed by atoms with van der Waals surface area (Å²) in [6.07, 6.45) is -4.70. The Morgan fingerprint density at radius 2 is 1.67 bits per heavy atom. The molecule has 4 N–H and O–H groups in total. The van der Waals surface area contributed by atoms with Crippen LogP contribution in [0, 0.1) is 0 Å². The molecule has 1 saturated heterocycles. The highest BCUT2D eigenvalue weighted by Crippen LogP contribution is 2.22. The van der Waals surface area contributed by atoms with Gasteiger partial charge in [0.05, 0.1) is 6.61 Å². The molecule has 5 nitrogen and oxygen atoms in total. The Bertz CT molecular complexity index is 150. The topological polar surface area (TPSA) is 90.2 Å². The van der Waals surface area contributed by atoms with Gasteiger partial charge in [-0.25, -0.2) is 0 Å². The summed E-state index contributed by atoms with van der Waals surface area (Å²) in [6, 6.07) is 0. The Morgan fingerprint density at radius 1 is 1.08 bits per heavy atom. The molecule has 0 bridgehead atoms. The van der Waals surface area contributed by atoms with E-state index in [9.17, 15) is 10.2 Å². The fourth-order valence-corrected chi connectivity index (χ4v) is 1.41. The maximum atomic E-state index is 9.20. The third kappa shape index (κ3) is 1.73. The minimum absolute atomic E-state index is 0.415. The molecular weight excluding hydrogens is 184 g/mol. The maximum Gasteiger partial charge on any atom is 0.129 e. The van der Waals surface area contributed by atoms with Gasteiger partial charge in [0.1, 0.15) is 29.9 Å². The van der Waals surface area contributed by atoms with E-state index in [-0.39, 0.29) is 0 Å². The first-order valence-corrected chi connectivity index (χ1v) is 4.08. The summed E-state index contributed by atoms with van der Waals surface area (Å²) < 4.78 is 4.88. The van der Waals surface area contributed by atoms with Crippen LogP contribution in [0.25, 0.3) is 0 Å². The summed E-state index contributed by atoms with van der Waals surface area (Å²) in [7, 11) is 0. The second kappa shape index (κ2) is 3.91. The molecule has 1 aliphatic rings. The van der Waals surface area contributed by atoms with Crippen molar-refractivity contribution in [3.63, 3.8) is 0 Å². The number of rotatable bonds is 1. The van der Waals surface area contributed by atoms with Gasteiger partial charge in [-0.05, 0) is 0 Å². The third-order valence-electron chi connectivity index (χ3n) is 1.87. The predicted octanol–water partition coefficient (Wildman–Crippen LogP) is -2.28. The highest BCUT2D eigenvalue weighted by Gasteiger charge is 2.41. The van der Waals surface area contributed by atoms with Crippen LogP contribution in [0.15, 0.2) is 0 Å². The third-order valence-corrected chi connectivity index (χ3v) is 2.29. The van der Waals surface area contributed by atoms with Crippen LogP contribution in [0.4, 0.5) is 0 Å². The van der Waals surface area contributed by atoms with E-state index in [1.807, 2.05) is 0 Å². The maximum absolute atomic E-state index is 9.20. The molecule has 0 aromatic heterocycles. The van der Waals surface area contributed by atoms with Crippen molar-refractivity contribution in [1.82, 2.24) is 0 Å². The molecule has 5 atom stereocenters. The summed E-state index contributed by atoms with van der Waals surface area (Å²) >= 11 is 3.81. The fraction of sp³-hybridized carbons (Fsp3) is 1.00. The normalized spacial score (nSPS) is 49.2. The Kier molecular flexibility index (Phi) is 3.33. The fourth-order valence-electron chi connectivity index (χ4n) is 1.08. The Labute approximate surface area is 75.0 Å². The molecule has 0 aliphatic carbocycles. The average molecular weight is 196 g/mol. The molecule has 72 valence electrons. The SMILES string of the molecule is OC[C@H]1O[C@@H](S)[C@@H](O)[C@@H](O)[C@H]1O. The van der Waals surface area contributed by atoms with E-state index in [1.54, 1.807) is 0 Å². The molecular formula is C6H12O5S. The lowest BCUT2D eigenvalue weighted by Gasteiger charge is -2.37. The first-order valence-electron chi connectivity index (χ1n) is 3.56. The molecule has 0 aromatic carbocycles. The number of ether oxygens (including phenoxy) is 1. The Morgan fingerprint density at radius 3 is 2.17 bits per heavy atom. The summed E-state index contributed by atoms with van der Waals surface area (Å²) in [4.78, 5) is 0. The molecule has 0 unspecified atom stereocenters. The molecule has 12 heavy (non-hydrogen) atoms. The molecule has 0 amide bonds. The Balaban J connectivity index is 2.63. The molecule has 0 spiro atoms. The van der Waals surface area contributed by atoms with Crippen molar-refractivity contribution in [3.8, 4) is 0 Å². The van der Waals surface area contributed by atoms with E-state index >= 15 is 0 Å². The van der Waals surface area contributed by atoms with Crippen LogP contribution in [0.5, 0.6) is 0 Å². The summed E-state index contributed by atoms with van der Waals surface area (Å²) in [5.74, 6) is 0. The average Bonchev–Trinajstić information content (AvgIpc) is 2.08. The predicted molar refractivity (Wildman–Crippen MR) is 42.8 cm³/mol. The van der Waals surface area contributed by atoms with Gasteiger partial charge >= 0.3 is 0 Å². The van der Waals surface area contributed by atoms with Gasteiger partial charge < -0.3 is 25.2 Å². The molecule has 1 heterocycles.